The molecule has 78 valence electrons. The highest BCUT2D eigenvalue weighted by atomic mass is 32.2. The highest BCUT2D eigenvalue weighted by Gasteiger charge is 2.17. The van der Waals surface area contributed by atoms with Crippen molar-refractivity contribution in [2.75, 3.05) is 6.54 Å². The highest BCUT2D eigenvalue weighted by Crippen LogP contribution is 2.12. The lowest BCUT2D eigenvalue weighted by Gasteiger charge is -2.18. The predicted octanol–water partition coefficient (Wildman–Crippen LogP) is 1.40. The summed E-state index contributed by atoms with van der Waals surface area (Å²) in [5, 5.41) is 0. The Morgan fingerprint density at radius 3 is 2.86 bits per heavy atom. The van der Waals surface area contributed by atoms with E-state index in [9.17, 15) is 4.55 Å². The number of pyridine rings is 1. The third-order valence-corrected chi connectivity index (χ3v) is 2.72. The highest BCUT2D eigenvalue weighted by molar-refractivity contribution is 7.89. The van der Waals surface area contributed by atoms with Crippen LogP contribution in [0.2, 0.25) is 0 Å². The summed E-state index contributed by atoms with van der Waals surface area (Å²) in [7, 11) is 0. The Balaban J connectivity index is 2.48. The predicted molar refractivity (Wildman–Crippen MR) is 61.7 cm³/mol. The second-order valence-electron chi connectivity index (χ2n) is 3.59. The second-order valence-corrected chi connectivity index (χ2v) is 6.10. The van der Waals surface area contributed by atoms with Gasteiger partial charge < -0.3 is 4.55 Å². The molecule has 1 unspecified atom stereocenters. The zero-order valence-corrected chi connectivity index (χ0v) is 9.94. The van der Waals surface area contributed by atoms with Gasteiger partial charge in [-0.05, 0) is 26.0 Å². The molecule has 0 bridgehead atoms. The molecule has 1 atom stereocenters. The van der Waals surface area contributed by atoms with Gasteiger partial charge in [0.15, 0.2) is 4.90 Å². The molecule has 0 fully saturated rings. The van der Waals surface area contributed by atoms with Crippen LogP contribution in [0, 0.1) is 0 Å². The summed E-state index contributed by atoms with van der Waals surface area (Å²) >= 11 is 3.14. The van der Waals surface area contributed by atoms with Crippen LogP contribution in [-0.2, 0) is 11.4 Å². The van der Waals surface area contributed by atoms with E-state index >= 15 is 0 Å². The lowest BCUT2D eigenvalue weighted by Crippen LogP contribution is -2.34. The van der Waals surface area contributed by atoms with Crippen LogP contribution < -0.4 is 4.72 Å². The van der Waals surface area contributed by atoms with Gasteiger partial charge in [0.2, 0.25) is 0 Å². The molecule has 0 aromatic carbocycles. The van der Waals surface area contributed by atoms with Crippen LogP contribution in [0.15, 0.2) is 29.4 Å². The number of nitrogens with zero attached hydrogens (tertiary/aromatic N) is 1. The molecule has 0 spiro atoms. The summed E-state index contributed by atoms with van der Waals surface area (Å²) in [5.41, 5.74) is 0. The fraction of sp³-hybridized carbons (Fsp3) is 0.444. The summed E-state index contributed by atoms with van der Waals surface area (Å²) < 4.78 is 14.3. The molecule has 0 amide bonds. The molecule has 1 heterocycles. The molecule has 5 heteroatoms. The van der Waals surface area contributed by atoms with E-state index in [2.05, 4.69) is 22.3 Å². The Labute approximate surface area is 93.0 Å². The summed E-state index contributed by atoms with van der Waals surface area (Å²) in [5.74, 6) is 0. The standard InChI is InChI=1S/C9H14N2OS2/c1-9(2,13)7-11-14(12)8-4-3-5-10-6-8/h3-6,11,13H,7H2,1-2H3. The minimum absolute atomic E-state index is 0.169. The molecule has 0 radical (unpaired) electrons. The Morgan fingerprint density at radius 1 is 1.64 bits per heavy atom. The first kappa shape index (κ1) is 11.8. The van der Waals surface area contributed by atoms with Crippen molar-refractivity contribution in [2.45, 2.75) is 23.5 Å². The molecular formula is C9H14N2OS2. The fourth-order valence-electron chi connectivity index (χ4n) is 0.782. The van der Waals surface area contributed by atoms with Gasteiger partial charge in [-0.2, -0.15) is 12.6 Å². The van der Waals surface area contributed by atoms with Crippen molar-refractivity contribution in [3.63, 3.8) is 0 Å². The van der Waals surface area contributed by atoms with Gasteiger partial charge in [0.25, 0.3) is 0 Å². The van der Waals surface area contributed by atoms with E-state index < -0.39 is 11.4 Å². The topological polar surface area (TPSA) is 48.0 Å². The van der Waals surface area contributed by atoms with Crippen molar-refractivity contribution in [2.24, 2.45) is 0 Å². The smallest absolute Gasteiger partial charge is 0.192 e. The monoisotopic (exact) mass is 230 g/mol. The minimum Gasteiger partial charge on any atom is -0.593 e. The Hall–Kier alpha value is -0.230. The molecule has 0 aliphatic heterocycles. The van der Waals surface area contributed by atoms with Gasteiger partial charge in [-0.1, -0.05) is 0 Å². The first-order valence-electron chi connectivity index (χ1n) is 4.27. The fourth-order valence-corrected chi connectivity index (χ4v) is 1.99. The third-order valence-electron chi connectivity index (χ3n) is 1.48. The van der Waals surface area contributed by atoms with Crippen molar-refractivity contribution in [1.82, 2.24) is 9.71 Å². The first-order chi connectivity index (χ1) is 6.49. The van der Waals surface area contributed by atoms with Gasteiger partial charge >= 0.3 is 0 Å². The Kier molecular flexibility index (Phi) is 4.25. The lowest BCUT2D eigenvalue weighted by atomic mass is 10.2. The minimum atomic E-state index is -1.19. The summed E-state index contributed by atoms with van der Waals surface area (Å²) in [6.45, 7) is 4.50. The largest absolute Gasteiger partial charge is 0.593 e. The molecule has 0 saturated heterocycles. The molecule has 1 aromatic rings. The second kappa shape index (κ2) is 5.02. The van der Waals surface area contributed by atoms with E-state index in [-0.39, 0.29) is 4.75 Å². The van der Waals surface area contributed by atoms with Gasteiger partial charge in [0, 0.05) is 10.9 Å². The van der Waals surface area contributed by atoms with E-state index in [1.165, 1.54) is 0 Å². The van der Waals surface area contributed by atoms with E-state index in [1.54, 1.807) is 24.5 Å². The lowest BCUT2D eigenvalue weighted by molar-refractivity contribution is 0.570. The van der Waals surface area contributed by atoms with Crippen LogP contribution in [0.25, 0.3) is 0 Å². The zero-order valence-electron chi connectivity index (χ0n) is 8.23. The Bertz CT molecular complexity index is 274. The van der Waals surface area contributed by atoms with Crippen LogP contribution in [-0.4, -0.2) is 20.8 Å². The van der Waals surface area contributed by atoms with Crippen LogP contribution in [0.5, 0.6) is 0 Å². The molecule has 3 nitrogen and oxygen atoms in total. The number of nitrogens with one attached hydrogen (secondary N) is 1. The molecule has 14 heavy (non-hydrogen) atoms. The third kappa shape index (κ3) is 4.32. The van der Waals surface area contributed by atoms with Gasteiger partial charge in [-0.25, -0.2) is 0 Å². The van der Waals surface area contributed by atoms with Crippen molar-refractivity contribution in [1.29, 1.82) is 0 Å². The number of rotatable bonds is 4. The molecule has 1 rings (SSSR count). The summed E-state index contributed by atoms with van der Waals surface area (Å²) in [6.07, 6.45) is 3.25. The number of hydrogen-bond acceptors (Lipinski definition) is 4. The van der Waals surface area contributed by atoms with Gasteiger partial charge in [0.05, 0.1) is 24.1 Å². The maximum absolute atomic E-state index is 11.6. The average molecular weight is 230 g/mol. The molecule has 1 aromatic heterocycles. The van der Waals surface area contributed by atoms with Gasteiger partial charge in [-0.3, -0.25) is 4.98 Å². The molecule has 0 saturated carbocycles. The summed E-state index contributed by atoms with van der Waals surface area (Å²) in [6, 6.07) is 3.54. The maximum atomic E-state index is 11.6. The van der Waals surface area contributed by atoms with Crippen LogP contribution in [0.3, 0.4) is 0 Å². The molecular weight excluding hydrogens is 216 g/mol. The van der Waals surface area contributed by atoms with Gasteiger partial charge in [0.1, 0.15) is 0 Å². The van der Waals surface area contributed by atoms with Crippen molar-refractivity contribution in [3.8, 4) is 0 Å². The zero-order chi connectivity index (χ0) is 10.6. The summed E-state index contributed by atoms with van der Waals surface area (Å²) in [4.78, 5) is 4.58. The van der Waals surface area contributed by atoms with Gasteiger partial charge in [-0.15, -0.1) is 4.72 Å². The van der Waals surface area contributed by atoms with Crippen molar-refractivity contribution < 1.29 is 4.55 Å². The van der Waals surface area contributed by atoms with E-state index in [0.717, 1.165) is 0 Å². The first-order valence-corrected chi connectivity index (χ1v) is 5.86. The van der Waals surface area contributed by atoms with Crippen molar-refractivity contribution in [3.05, 3.63) is 24.5 Å². The quantitative estimate of drug-likeness (QED) is 0.607. The maximum Gasteiger partial charge on any atom is 0.192 e. The molecule has 1 N–H and O–H groups in total. The number of thiol groups is 1. The average Bonchev–Trinajstić information content (AvgIpc) is 2.14. The van der Waals surface area contributed by atoms with Crippen LogP contribution in [0.4, 0.5) is 0 Å². The molecule has 0 aliphatic carbocycles. The number of hydrogen-bond donors (Lipinski definition) is 2. The van der Waals surface area contributed by atoms with E-state index in [0.29, 0.717) is 11.4 Å². The van der Waals surface area contributed by atoms with E-state index in [4.69, 9.17) is 0 Å². The molecule has 0 aliphatic rings. The number of aromatic nitrogens is 1. The van der Waals surface area contributed by atoms with Crippen molar-refractivity contribution >= 4 is 24.0 Å². The SMILES string of the molecule is CC(C)(S)CN[S+]([O-])c1cccnc1. The Morgan fingerprint density at radius 2 is 2.36 bits per heavy atom. The van der Waals surface area contributed by atoms with Crippen LogP contribution in [0.1, 0.15) is 13.8 Å². The normalized spacial score (nSPS) is 14.0. The van der Waals surface area contributed by atoms with E-state index in [1.807, 2.05) is 13.8 Å². The van der Waals surface area contributed by atoms with Crippen LogP contribution >= 0.6 is 12.6 Å².